The van der Waals surface area contributed by atoms with Crippen molar-refractivity contribution in [2.24, 2.45) is 4.99 Å². The van der Waals surface area contributed by atoms with Crippen LogP contribution in [0.1, 0.15) is 12.0 Å². The van der Waals surface area contributed by atoms with Gasteiger partial charge in [-0.15, -0.1) is 0 Å². The molecule has 1 N–H and O–H groups in total. The molecule has 32 heavy (non-hydrogen) atoms. The smallest absolute Gasteiger partial charge is 0.238 e. The third-order valence-electron chi connectivity index (χ3n) is 4.76. The molecule has 0 radical (unpaired) electrons. The zero-order valence-electron chi connectivity index (χ0n) is 16.9. The first kappa shape index (κ1) is 22.0. The van der Waals surface area contributed by atoms with Crippen LogP contribution in [-0.2, 0) is 16.1 Å². The van der Waals surface area contributed by atoms with Gasteiger partial charge in [0.15, 0.2) is 5.17 Å². The van der Waals surface area contributed by atoms with Crippen molar-refractivity contribution in [3.63, 3.8) is 0 Å². The van der Waals surface area contributed by atoms with E-state index in [9.17, 15) is 14.0 Å². The molecule has 5 nitrogen and oxygen atoms in total. The highest BCUT2D eigenvalue weighted by molar-refractivity contribution is 8.15. The van der Waals surface area contributed by atoms with Crippen molar-refractivity contribution in [3.05, 3.63) is 95.3 Å². The fraction of sp³-hybridized carbons (Fsp3) is 0.125. The molecule has 1 aliphatic rings. The summed E-state index contributed by atoms with van der Waals surface area (Å²) in [7, 11) is 0. The molecule has 1 atom stereocenters. The highest BCUT2D eigenvalue weighted by Gasteiger charge is 2.36. The van der Waals surface area contributed by atoms with Gasteiger partial charge in [-0.2, -0.15) is 0 Å². The molecule has 1 heterocycles. The number of hydrogen-bond acceptors (Lipinski definition) is 4. The van der Waals surface area contributed by atoms with Gasteiger partial charge in [0.05, 0.1) is 12.2 Å². The fourth-order valence-electron chi connectivity index (χ4n) is 3.17. The number of nitrogens with one attached hydrogen (secondary N) is 1. The van der Waals surface area contributed by atoms with Gasteiger partial charge in [0.2, 0.25) is 11.8 Å². The van der Waals surface area contributed by atoms with E-state index in [1.807, 2.05) is 18.2 Å². The number of benzene rings is 3. The molecule has 0 spiro atoms. The van der Waals surface area contributed by atoms with E-state index in [4.69, 9.17) is 11.6 Å². The number of hydrogen-bond donors (Lipinski definition) is 1. The van der Waals surface area contributed by atoms with Crippen LogP contribution in [0.15, 0.2) is 83.9 Å². The number of rotatable bonds is 5. The second kappa shape index (κ2) is 9.97. The SMILES string of the molecule is O=C(Nc1ccccc1)C1CC(=O)N(Cc2ccc(F)cc2)C(=Nc2cccc(Cl)c2)S1. The van der Waals surface area contributed by atoms with Gasteiger partial charge in [-0.3, -0.25) is 14.5 Å². The number of para-hydroxylation sites is 1. The van der Waals surface area contributed by atoms with Gasteiger partial charge in [0, 0.05) is 17.1 Å². The lowest BCUT2D eigenvalue weighted by Gasteiger charge is -2.32. The van der Waals surface area contributed by atoms with Gasteiger partial charge in [-0.05, 0) is 48.0 Å². The number of carbonyl (C=O) groups is 2. The van der Waals surface area contributed by atoms with Gasteiger partial charge in [-0.25, -0.2) is 9.38 Å². The molecule has 3 aromatic carbocycles. The molecule has 4 rings (SSSR count). The van der Waals surface area contributed by atoms with E-state index >= 15 is 0 Å². The summed E-state index contributed by atoms with van der Waals surface area (Å²) in [5, 5.41) is 3.12. The monoisotopic (exact) mass is 467 g/mol. The molecule has 0 saturated carbocycles. The van der Waals surface area contributed by atoms with Crippen molar-refractivity contribution in [2.75, 3.05) is 5.32 Å². The highest BCUT2D eigenvalue weighted by Crippen LogP contribution is 2.31. The highest BCUT2D eigenvalue weighted by atomic mass is 35.5. The topological polar surface area (TPSA) is 61.8 Å². The quantitative estimate of drug-likeness (QED) is 0.528. The van der Waals surface area contributed by atoms with Gasteiger partial charge in [-0.1, -0.05) is 59.8 Å². The Morgan fingerprint density at radius 2 is 1.84 bits per heavy atom. The summed E-state index contributed by atoms with van der Waals surface area (Å²) >= 11 is 7.31. The minimum absolute atomic E-state index is 0.0269. The van der Waals surface area contributed by atoms with Crippen LogP contribution in [0, 0.1) is 5.82 Å². The number of aliphatic imine (C=N–C) groups is 1. The zero-order chi connectivity index (χ0) is 22.5. The molecule has 1 saturated heterocycles. The number of thioether (sulfide) groups is 1. The van der Waals surface area contributed by atoms with Crippen LogP contribution in [0.2, 0.25) is 5.02 Å². The molecule has 0 bridgehead atoms. The number of nitrogens with zero attached hydrogens (tertiary/aromatic N) is 2. The minimum Gasteiger partial charge on any atom is -0.325 e. The molecule has 162 valence electrons. The number of carbonyl (C=O) groups excluding carboxylic acids is 2. The number of amidine groups is 1. The maximum atomic E-state index is 13.3. The Hall–Kier alpha value is -3.16. The second-order valence-corrected chi connectivity index (χ2v) is 8.75. The van der Waals surface area contributed by atoms with Crippen LogP contribution >= 0.6 is 23.4 Å². The molecule has 0 aromatic heterocycles. The molecule has 0 aliphatic carbocycles. The van der Waals surface area contributed by atoms with Crippen molar-refractivity contribution >= 4 is 51.7 Å². The van der Waals surface area contributed by atoms with Crippen molar-refractivity contribution < 1.29 is 14.0 Å². The average molecular weight is 468 g/mol. The summed E-state index contributed by atoms with van der Waals surface area (Å²) in [4.78, 5) is 32.0. The van der Waals surface area contributed by atoms with Crippen molar-refractivity contribution in [1.29, 1.82) is 0 Å². The number of amides is 2. The van der Waals surface area contributed by atoms with Crippen LogP contribution in [0.4, 0.5) is 15.8 Å². The number of halogens is 2. The molecule has 2 amide bonds. The fourth-order valence-corrected chi connectivity index (χ4v) is 4.45. The lowest BCUT2D eigenvalue weighted by atomic mass is 10.2. The molecule has 1 unspecified atom stereocenters. The average Bonchev–Trinajstić information content (AvgIpc) is 2.78. The van der Waals surface area contributed by atoms with E-state index in [-0.39, 0.29) is 30.6 Å². The molecule has 1 fully saturated rings. The van der Waals surface area contributed by atoms with Crippen LogP contribution in [0.25, 0.3) is 0 Å². The summed E-state index contributed by atoms with van der Waals surface area (Å²) in [5.41, 5.74) is 1.99. The van der Waals surface area contributed by atoms with Crippen molar-refractivity contribution in [3.8, 4) is 0 Å². The Balaban J connectivity index is 1.61. The van der Waals surface area contributed by atoms with Gasteiger partial charge >= 0.3 is 0 Å². The number of anilines is 1. The van der Waals surface area contributed by atoms with E-state index in [1.54, 1.807) is 48.5 Å². The summed E-state index contributed by atoms with van der Waals surface area (Å²) in [6, 6.07) is 22.0. The first-order chi connectivity index (χ1) is 15.5. The third-order valence-corrected chi connectivity index (χ3v) is 6.18. The summed E-state index contributed by atoms with van der Waals surface area (Å²) in [6.45, 7) is 0.221. The Morgan fingerprint density at radius 3 is 2.56 bits per heavy atom. The minimum atomic E-state index is -0.634. The zero-order valence-corrected chi connectivity index (χ0v) is 18.4. The Morgan fingerprint density at radius 1 is 1.09 bits per heavy atom. The van der Waals surface area contributed by atoms with Crippen LogP contribution in [0.3, 0.4) is 0 Å². The van der Waals surface area contributed by atoms with Crippen LogP contribution < -0.4 is 5.32 Å². The normalized spacial score (nSPS) is 17.4. The van der Waals surface area contributed by atoms with E-state index in [2.05, 4.69) is 10.3 Å². The molecular weight excluding hydrogens is 449 g/mol. The lowest BCUT2D eigenvalue weighted by Crippen LogP contribution is -2.44. The van der Waals surface area contributed by atoms with Crippen molar-refractivity contribution in [1.82, 2.24) is 4.90 Å². The third kappa shape index (κ3) is 5.55. The van der Waals surface area contributed by atoms with Gasteiger partial charge in [0.1, 0.15) is 11.1 Å². The van der Waals surface area contributed by atoms with Gasteiger partial charge in [0.25, 0.3) is 0 Å². The summed E-state index contributed by atoms with van der Waals surface area (Å²) < 4.78 is 13.3. The summed E-state index contributed by atoms with van der Waals surface area (Å²) in [5.74, 6) is -0.851. The van der Waals surface area contributed by atoms with Crippen LogP contribution in [0.5, 0.6) is 0 Å². The maximum absolute atomic E-state index is 13.3. The molecule has 3 aromatic rings. The Bertz CT molecular complexity index is 1160. The van der Waals surface area contributed by atoms with Crippen molar-refractivity contribution in [2.45, 2.75) is 18.2 Å². The van der Waals surface area contributed by atoms with E-state index in [0.29, 0.717) is 21.6 Å². The molecular formula is C24H19ClFN3O2S. The largest absolute Gasteiger partial charge is 0.325 e. The second-order valence-electron chi connectivity index (χ2n) is 7.15. The standard InChI is InChI=1S/C24H19ClFN3O2S/c25-17-5-4-8-20(13-17)28-24-29(15-16-9-11-18(26)12-10-16)22(30)14-21(32-24)23(31)27-19-6-2-1-3-7-19/h1-13,21H,14-15H2,(H,27,31). The lowest BCUT2D eigenvalue weighted by molar-refractivity contribution is -0.129. The van der Waals surface area contributed by atoms with Gasteiger partial charge < -0.3 is 5.32 Å². The molecule has 8 heteroatoms. The molecule has 1 aliphatic heterocycles. The van der Waals surface area contributed by atoms with E-state index < -0.39 is 5.25 Å². The first-order valence-corrected chi connectivity index (χ1v) is 11.2. The summed E-state index contributed by atoms with van der Waals surface area (Å²) in [6.07, 6.45) is 0.0269. The Labute approximate surface area is 194 Å². The van der Waals surface area contributed by atoms with Crippen LogP contribution in [-0.4, -0.2) is 27.1 Å². The Kier molecular flexibility index (Phi) is 6.87. The predicted molar refractivity (Wildman–Crippen MR) is 127 cm³/mol. The van der Waals surface area contributed by atoms with E-state index in [1.165, 1.54) is 28.8 Å². The maximum Gasteiger partial charge on any atom is 0.238 e. The first-order valence-electron chi connectivity index (χ1n) is 9.89. The van der Waals surface area contributed by atoms with E-state index in [0.717, 1.165) is 5.56 Å². The predicted octanol–water partition coefficient (Wildman–Crippen LogP) is 5.64.